The van der Waals surface area contributed by atoms with Gasteiger partial charge in [-0.15, -0.1) is 0 Å². The monoisotopic (exact) mass is 523 g/mol. The van der Waals surface area contributed by atoms with Crippen molar-refractivity contribution >= 4 is 29.2 Å². The molecule has 0 spiro atoms. The van der Waals surface area contributed by atoms with Crippen LogP contribution in [0.2, 0.25) is 10.0 Å². The molecule has 8 heteroatoms. The maximum absolute atomic E-state index is 14.3. The van der Waals surface area contributed by atoms with Crippen molar-refractivity contribution in [2.24, 2.45) is 5.92 Å². The molecular formula is C27H32Cl2FNO4. The molecule has 0 bridgehead atoms. The van der Waals surface area contributed by atoms with E-state index in [0.29, 0.717) is 28.3 Å². The van der Waals surface area contributed by atoms with Gasteiger partial charge in [-0.3, -0.25) is 4.90 Å². The first-order valence-corrected chi connectivity index (χ1v) is 12.8. The first kappa shape index (κ1) is 26.2. The molecule has 2 aromatic rings. The van der Waals surface area contributed by atoms with E-state index < -0.39 is 17.4 Å². The van der Waals surface area contributed by atoms with E-state index in [-0.39, 0.29) is 17.5 Å². The maximum atomic E-state index is 14.3. The van der Waals surface area contributed by atoms with Gasteiger partial charge in [0.2, 0.25) is 0 Å². The molecule has 2 aromatic carbocycles. The maximum Gasteiger partial charge on any atom is 0.338 e. The van der Waals surface area contributed by atoms with Crippen molar-refractivity contribution in [3.8, 4) is 5.75 Å². The first-order chi connectivity index (χ1) is 16.6. The molecule has 1 heterocycles. The molecule has 5 nitrogen and oxygen atoms in total. The Hall–Kier alpha value is -1.86. The van der Waals surface area contributed by atoms with Gasteiger partial charge in [0.25, 0.3) is 0 Å². The summed E-state index contributed by atoms with van der Waals surface area (Å²) >= 11 is 12.6. The van der Waals surface area contributed by atoms with Gasteiger partial charge in [-0.25, -0.2) is 9.18 Å². The van der Waals surface area contributed by atoms with Crippen molar-refractivity contribution < 1.29 is 23.8 Å². The average molecular weight is 524 g/mol. The van der Waals surface area contributed by atoms with Crippen LogP contribution in [0, 0.1) is 11.7 Å². The predicted molar refractivity (Wildman–Crippen MR) is 135 cm³/mol. The lowest BCUT2D eigenvalue weighted by atomic mass is 9.87. The second-order valence-electron chi connectivity index (χ2n) is 10.2. The Bertz CT molecular complexity index is 1060. The number of ether oxygens (including phenoxy) is 2. The van der Waals surface area contributed by atoms with Crippen molar-refractivity contribution in [3.05, 3.63) is 62.9 Å². The molecule has 1 atom stereocenters. The van der Waals surface area contributed by atoms with Crippen molar-refractivity contribution in [1.82, 2.24) is 4.90 Å². The van der Waals surface area contributed by atoms with Crippen molar-refractivity contribution in [1.29, 1.82) is 0 Å². The molecule has 0 radical (unpaired) electrons. The molecule has 0 aromatic heterocycles. The number of hydrogen-bond acceptors (Lipinski definition) is 4. The normalized spacial score (nSPS) is 18.5. The average Bonchev–Trinajstić information content (AvgIpc) is 3.63. The Labute approximate surface area is 216 Å². The molecule has 1 aliphatic heterocycles. The highest BCUT2D eigenvalue weighted by Gasteiger charge is 2.38. The van der Waals surface area contributed by atoms with Crippen LogP contribution in [-0.4, -0.2) is 48.4 Å². The number of carboxylic acids is 1. The largest absolute Gasteiger partial charge is 0.493 e. The molecule has 2 aliphatic rings. The van der Waals surface area contributed by atoms with E-state index in [4.69, 9.17) is 32.7 Å². The molecule has 0 unspecified atom stereocenters. The highest BCUT2D eigenvalue weighted by atomic mass is 35.5. The van der Waals surface area contributed by atoms with E-state index in [1.807, 2.05) is 12.1 Å². The number of halogens is 3. The zero-order valence-electron chi connectivity index (χ0n) is 20.3. The molecular weight excluding hydrogens is 492 g/mol. The van der Waals surface area contributed by atoms with Crippen LogP contribution in [0.15, 0.2) is 30.3 Å². The number of nitrogens with zero attached hydrogens (tertiary/aromatic N) is 1. The minimum absolute atomic E-state index is 0.0234. The topological polar surface area (TPSA) is 59.0 Å². The Kier molecular flexibility index (Phi) is 7.96. The summed E-state index contributed by atoms with van der Waals surface area (Å²) in [6.07, 6.45) is 3.78. The quantitative estimate of drug-likeness (QED) is 0.384. The molecule has 1 saturated heterocycles. The van der Waals surface area contributed by atoms with Crippen LogP contribution in [0.3, 0.4) is 0 Å². The Balaban J connectivity index is 1.44. The molecule has 1 N–H and O–H groups in total. The number of carboxylic acid groups (broad SMARTS) is 1. The summed E-state index contributed by atoms with van der Waals surface area (Å²) in [4.78, 5) is 13.7. The molecule has 0 amide bonds. The smallest absolute Gasteiger partial charge is 0.338 e. The van der Waals surface area contributed by atoms with Crippen LogP contribution in [-0.2, 0) is 4.74 Å². The van der Waals surface area contributed by atoms with Crippen LogP contribution in [0.25, 0.3) is 0 Å². The number of benzene rings is 2. The fraction of sp³-hybridized carbons (Fsp3) is 0.519. The lowest BCUT2D eigenvalue weighted by Crippen LogP contribution is -2.47. The fourth-order valence-corrected chi connectivity index (χ4v) is 5.60. The van der Waals surface area contributed by atoms with Gasteiger partial charge in [0, 0.05) is 23.2 Å². The van der Waals surface area contributed by atoms with Crippen LogP contribution >= 0.6 is 23.2 Å². The van der Waals surface area contributed by atoms with Gasteiger partial charge >= 0.3 is 5.97 Å². The van der Waals surface area contributed by atoms with Gasteiger partial charge in [0.15, 0.2) is 0 Å². The third kappa shape index (κ3) is 6.11. The summed E-state index contributed by atoms with van der Waals surface area (Å²) in [6.45, 7) is 6.29. The molecule has 2 fully saturated rings. The third-order valence-electron chi connectivity index (χ3n) is 7.22. The molecule has 35 heavy (non-hydrogen) atoms. The summed E-state index contributed by atoms with van der Waals surface area (Å²) in [6, 6.07) is 8.29. The van der Waals surface area contributed by atoms with E-state index in [1.54, 1.807) is 13.2 Å². The Morgan fingerprint density at radius 1 is 1.11 bits per heavy atom. The van der Waals surface area contributed by atoms with Crippen LogP contribution < -0.4 is 4.74 Å². The van der Waals surface area contributed by atoms with E-state index in [1.165, 1.54) is 12.1 Å². The molecule has 4 rings (SSSR count). The van der Waals surface area contributed by atoms with Gasteiger partial charge in [-0.1, -0.05) is 23.2 Å². The number of methoxy groups -OCH3 is 1. The SMILES string of the molecule is COC(C)(C)[C@@H](c1cc(Cl)cc(Cl)c1)N1CCC(COc2cc(F)c(C(=O)O)cc2C2CC2)CC1. The van der Waals surface area contributed by atoms with Crippen molar-refractivity contribution in [3.63, 3.8) is 0 Å². The second-order valence-corrected chi connectivity index (χ2v) is 11.0. The van der Waals surface area contributed by atoms with E-state index in [9.17, 15) is 14.3 Å². The number of carbonyl (C=O) groups is 1. The minimum Gasteiger partial charge on any atom is -0.493 e. The predicted octanol–water partition coefficient (Wildman–Crippen LogP) is 6.97. The van der Waals surface area contributed by atoms with E-state index in [2.05, 4.69) is 18.7 Å². The summed E-state index contributed by atoms with van der Waals surface area (Å²) in [7, 11) is 1.71. The number of rotatable bonds is 9. The molecule has 1 aliphatic carbocycles. The summed E-state index contributed by atoms with van der Waals surface area (Å²) in [5.41, 5.74) is 1.08. The van der Waals surface area contributed by atoms with Gasteiger partial charge in [-0.2, -0.15) is 0 Å². The standard InChI is InChI=1S/C27H32Cl2FNO4/c1-27(2,34-3)25(18-10-19(28)12-20(29)11-18)31-8-6-16(7-9-31)15-35-24-14-23(30)22(26(32)33)13-21(24)17-4-5-17/h10-14,16-17,25H,4-9,15H2,1-3H3,(H,32,33)/t25-/m1/s1. The van der Waals surface area contributed by atoms with Gasteiger partial charge in [0.1, 0.15) is 11.6 Å². The molecule has 1 saturated carbocycles. The fourth-order valence-electron chi connectivity index (χ4n) is 5.06. The highest BCUT2D eigenvalue weighted by Crippen LogP contribution is 2.45. The first-order valence-electron chi connectivity index (χ1n) is 12.0. The highest BCUT2D eigenvalue weighted by molar-refractivity contribution is 6.34. The minimum atomic E-state index is -1.25. The lowest BCUT2D eigenvalue weighted by molar-refractivity contribution is -0.0644. The van der Waals surface area contributed by atoms with Crippen LogP contribution in [0.1, 0.15) is 73.0 Å². The Morgan fingerprint density at radius 3 is 2.29 bits per heavy atom. The van der Waals surface area contributed by atoms with Gasteiger partial charge < -0.3 is 14.6 Å². The zero-order chi connectivity index (χ0) is 25.3. The van der Waals surface area contributed by atoms with Gasteiger partial charge in [-0.05, 0) is 99.8 Å². The van der Waals surface area contributed by atoms with Crippen molar-refractivity contribution in [2.45, 2.75) is 57.1 Å². The zero-order valence-corrected chi connectivity index (χ0v) is 21.8. The van der Waals surface area contributed by atoms with Crippen LogP contribution in [0.5, 0.6) is 5.75 Å². The second kappa shape index (κ2) is 10.6. The number of likely N-dealkylation sites (tertiary alicyclic amines) is 1. The lowest BCUT2D eigenvalue weighted by Gasteiger charge is -2.44. The summed E-state index contributed by atoms with van der Waals surface area (Å²) < 4.78 is 26.3. The summed E-state index contributed by atoms with van der Waals surface area (Å²) in [5.74, 6) is -0.958. The van der Waals surface area contributed by atoms with Crippen LogP contribution in [0.4, 0.5) is 4.39 Å². The van der Waals surface area contributed by atoms with Crippen molar-refractivity contribution in [2.75, 3.05) is 26.8 Å². The number of hydrogen-bond donors (Lipinski definition) is 1. The van der Waals surface area contributed by atoms with E-state index in [0.717, 1.165) is 49.9 Å². The number of piperidine rings is 1. The Morgan fingerprint density at radius 2 is 1.74 bits per heavy atom. The van der Waals surface area contributed by atoms with E-state index >= 15 is 0 Å². The van der Waals surface area contributed by atoms with Gasteiger partial charge in [0.05, 0.1) is 23.8 Å². The molecule has 190 valence electrons. The summed E-state index contributed by atoms with van der Waals surface area (Å²) in [5, 5.41) is 10.5. The third-order valence-corrected chi connectivity index (χ3v) is 7.66. The number of aromatic carboxylic acids is 1.